The van der Waals surface area contributed by atoms with Crippen molar-refractivity contribution in [2.24, 2.45) is 5.92 Å². The van der Waals surface area contributed by atoms with Crippen LogP contribution in [-0.4, -0.2) is 60.2 Å². The van der Waals surface area contributed by atoms with Crippen LogP contribution in [0.25, 0.3) is 16.9 Å². The van der Waals surface area contributed by atoms with Gasteiger partial charge in [0.15, 0.2) is 5.65 Å². The van der Waals surface area contributed by atoms with Crippen LogP contribution in [0.3, 0.4) is 0 Å². The van der Waals surface area contributed by atoms with Crippen LogP contribution < -0.4 is 10.8 Å². The number of aromatic nitrogens is 3. The summed E-state index contributed by atoms with van der Waals surface area (Å²) < 4.78 is 29.9. The molecule has 0 spiro atoms. The SMILES string of the molecule is Bc1cnn2c(NCC3CCCN(S(=O)(=O)C4=CC(Cl)CC(Cl)=C4)C3)cc(-c3ccccc3Cl)nc12. The standard InChI is InChI=1S/C24H25BCl3N5O2S/c25-20-13-30-33-23(11-22(31-24(20)33)19-5-1-2-6-21(19)28)29-12-15-4-3-7-32(14-15)36(34,35)18-9-16(26)8-17(27)10-18/h1-2,5-6,9-11,13,15-16,29H,3-4,7-8,12,14,25H2. The molecule has 7 nitrogen and oxygen atoms in total. The number of hydrogen-bond acceptors (Lipinski definition) is 5. The number of alkyl halides is 1. The first kappa shape index (κ1) is 25.6. The van der Waals surface area contributed by atoms with E-state index in [1.165, 1.54) is 6.08 Å². The van der Waals surface area contributed by atoms with Crippen LogP contribution in [0.1, 0.15) is 19.3 Å². The smallest absolute Gasteiger partial charge is 0.242 e. The van der Waals surface area contributed by atoms with E-state index in [4.69, 9.17) is 39.8 Å². The van der Waals surface area contributed by atoms with Crippen molar-refractivity contribution in [2.45, 2.75) is 24.6 Å². The molecule has 1 aliphatic heterocycles. The first-order chi connectivity index (χ1) is 17.2. The zero-order valence-corrected chi connectivity index (χ0v) is 22.7. The van der Waals surface area contributed by atoms with Gasteiger partial charge in [-0.1, -0.05) is 41.4 Å². The second-order valence-corrected chi connectivity index (χ2v) is 12.6. The highest BCUT2D eigenvalue weighted by atomic mass is 35.5. The summed E-state index contributed by atoms with van der Waals surface area (Å²) in [5.74, 6) is 0.894. The summed E-state index contributed by atoms with van der Waals surface area (Å²) >= 11 is 18.8. The van der Waals surface area contributed by atoms with Gasteiger partial charge >= 0.3 is 0 Å². The summed E-state index contributed by atoms with van der Waals surface area (Å²) in [6.45, 7) is 1.47. The average Bonchev–Trinajstić information content (AvgIpc) is 3.23. The molecule has 188 valence electrons. The third-order valence-corrected chi connectivity index (χ3v) is 9.26. The number of nitrogens with zero attached hydrogens (tertiary/aromatic N) is 4. The number of sulfonamides is 1. The van der Waals surface area contributed by atoms with Crippen LogP contribution in [0, 0.1) is 5.92 Å². The lowest BCUT2D eigenvalue weighted by Crippen LogP contribution is -2.42. The minimum atomic E-state index is -3.67. The molecule has 2 atom stereocenters. The quantitative estimate of drug-likeness (QED) is 0.364. The van der Waals surface area contributed by atoms with Gasteiger partial charge in [0.1, 0.15) is 13.7 Å². The molecule has 12 heteroatoms. The Bertz CT molecular complexity index is 1470. The number of hydrogen-bond donors (Lipinski definition) is 1. The van der Waals surface area contributed by atoms with Gasteiger partial charge < -0.3 is 5.32 Å². The highest BCUT2D eigenvalue weighted by Gasteiger charge is 2.32. The molecule has 1 aromatic carbocycles. The Morgan fingerprint density at radius 3 is 2.81 bits per heavy atom. The van der Waals surface area contributed by atoms with Crippen molar-refractivity contribution in [3.8, 4) is 11.3 Å². The fourth-order valence-electron chi connectivity index (χ4n) is 4.66. The van der Waals surface area contributed by atoms with Gasteiger partial charge in [-0.15, -0.1) is 11.6 Å². The molecule has 0 amide bonds. The average molecular weight is 565 g/mol. The number of halogens is 3. The fourth-order valence-corrected chi connectivity index (χ4v) is 7.40. The molecule has 0 bridgehead atoms. The molecule has 1 N–H and O–H groups in total. The second kappa shape index (κ2) is 10.4. The lowest BCUT2D eigenvalue weighted by atomic mass is 9.99. The van der Waals surface area contributed by atoms with E-state index in [9.17, 15) is 8.42 Å². The number of piperidine rings is 1. The van der Waals surface area contributed by atoms with Crippen molar-refractivity contribution in [3.05, 3.63) is 63.6 Å². The van der Waals surface area contributed by atoms with Crippen molar-refractivity contribution in [1.82, 2.24) is 18.9 Å². The Balaban J connectivity index is 1.37. The molecule has 1 saturated heterocycles. The maximum absolute atomic E-state index is 13.3. The molecular formula is C24H25BCl3N5O2S. The molecule has 5 rings (SSSR count). The Hall–Kier alpha value is -2.04. The van der Waals surface area contributed by atoms with Gasteiger partial charge in [-0.2, -0.15) is 13.9 Å². The largest absolute Gasteiger partial charge is 0.370 e. The van der Waals surface area contributed by atoms with E-state index >= 15 is 0 Å². The normalized spacial score (nSPS) is 21.3. The van der Waals surface area contributed by atoms with Gasteiger partial charge in [-0.3, -0.25) is 0 Å². The Kier molecular flexibility index (Phi) is 7.38. The van der Waals surface area contributed by atoms with Crippen LogP contribution in [-0.2, 0) is 10.0 Å². The number of benzene rings is 1. The van der Waals surface area contributed by atoms with E-state index in [2.05, 4.69) is 10.4 Å². The lowest BCUT2D eigenvalue weighted by Gasteiger charge is -2.33. The summed E-state index contributed by atoms with van der Waals surface area (Å²) in [5, 5.41) is 8.63. The molecule has 1 fully saturated rings. The topological polar surface area (TPSA) is 79.6 Å². The third kappa shape index (κ3) is 5.17. The summed E-state index contributed by atoms with van der Waals surface area (Å²) in [6, 6.07) is 9.52. The van der Waals surface area contributed by atoms with Crippen LogP contribution in [0.2, 0.25) is 5.02 Å². The second-order valence-electron chi connectivity index (χ2n) is 9.20. The highest BCUT2D eigenvalue weighted by Crippen LogP contribution is 2.32. The zero-order valence-electron chi connectivity index (χ0n) is 19.7. The van der Waals surface area contributed by atoms with Gasteiger partial charge in [0.2, 0.25) is 10.0 Å². The number of rotatable bonds is 6. The molecule has 0 saturated carbocycles. The van der Waals surface area contributed by atoms with E-state index in [1.54, 1.807) is 21.1 Å². The maximum Gasteiger partial charge on any atom is 0.242 e. The van der Waals surface area contributed by atoms with Gasteiger partial charge in [-0.05, 0) is 42.4 Å². The van der Waals surface area contributed by atoms with E-state index in [0.717, 1.165) is 41.0 Å². The van der Waals surface area contributed by atoms with Gasteiger partial charge in [0.25, 0.3) is 0 Å². The van der Waals surface area contributed by atoms with Crippen LogP contribution in [0.5, 0.6) is 0 Å². The van der Waals surface area contributed by atoms with Crippen molar-refractivity contribution in [1.29, 1.82) is 0 Å². The molecule has 3 aromatic rings. The number of allylic oxidation sites excluding steroid dienone is 3. The first-order valence-electron chi connectivity index (χ1n) is 11.8. The van der Waals surface area contributed by atoms with E-state index in [0.29, 0.717) is 36.1 Å². The van der Waals surface area contributed by atoms with Crippen molar-refractivity contribution in [3.63, 3.8) is 0 Å². The van der Waals surface area contributed by atoms with E-state index < -0.39 is 15.4 Å². The van der Waals surface area contributed by atoms with Crippen molar-refractivity contribution < 1.29 is 8.42 Å². The molecule has 36 heavy (non-hydrogen) atoms. The minimum absolute atomic E-state index is 0.118. The monoisotopic (exact) mass is 563 g/mol. The van der Waals surface area contributed by atoms with Crippen LogP contribution in [0.4, 0.5) is 5.82 Å². The van der Waals surface area contributed by atoms with Crippen molar-refractivity contribution >= 4 is 69.6 Å². The lowest BCUT2D eigenvalue weighted by molar-refractivity contribution is 0.277. The van der Waals surface area contributed by atoms with Crippen LogP contribution >= 0.6 is 34.8 Å². The maximum atomic E-state index is 13.3. The summed E-state index contributed by atoms with van der Waals surface area (Å²) in [5.41, 5.74) is 3.28. The number of nitrogens with one attached hydrogen (secondary N) is 1. The molecule has 2 unspecified atom stereocenters. The van der Waals surface area contributed by atoms with Gasteiger partial charge in [0.05, 0.1) is 16.0 Å². The van der Waals surface area contributed by atoms with E-state index in [-0.39, 0.29) is 10.8 Å². The molecule has 0 radical (unpaired) electrons. The van der Waals surface area contributed by atoms with E-state index in [1.807, 2.05) is 38.2 Å². The molecule has 1 aliphatic carbocycles. The zero-order chi connectivity index (χ0) is 25.4. The van der Waals surface area contributed by atoms with Gasteiger partial charge in [-0.25, -0.2) is 13.4 Å². The molecule has 2 aromatic heterocycles. The molecule has 3 heterocycles. The first-order valence-corrected chi connectivity index (χ1v) is 14.4. The Labute approximate surface area is 226 Å². The highest BCUT2D eigenvalue weighted by molar-refractivity contribution is 7.93. The summed E-state index contributed by atoms with van der Waals surface area (Å²) in [7, 11) is -1.70. The number of fused-ring (bicyclic) bond motifs is 1. The Morgan fingerprint density at radius 1 is 1.22 bits per heavy atom. The minimum Gasteiger partial charge on any atom is -0.370 e. The Morgan fingerprint density at radius 2 is 2.03 bits per heavy atom. The molecular weight excluding hydrogens is 540 g/mol. The number of anilines is 1. The third-order valence-electron chi connectivity index (χ3n) is 6.52. The van der Waals surface area contributed by atoms with Crippen molar-refractivity contribution in [2.75, 3.05) is 25.0 Å². The summed E-state index contributed by atoms with van der Waals surface area (Å²) in [4.78, 5) is 4.96. The van der Waals surface area contributed by atoms with Crippen LogP contribution in [0.15, 0.2) is 58.6 Å². The fraction of sp³-hybridized carbons (Fsp3) is 0.333. The summed E-state index contributed by atoms with van der Waals surface area (Å²) in [6.07, 6.45) is 7.00. The van der Waals surface area contributed by atoms with Gasteiger partial charge in [0, 0.05) is 53.9 Å². The predicted molar refractivity (Wildman–Crippen MR) is 150 cm³/mol. The predicted octanol–water partition coefficient (Wildman–Crippen LogP) is 3.78. The molecule has 2 aliphatic rings.